The summed E-state index contributed by atoms with van der Waals surface area (Å²) in [5.41, 5.74) is 0.810. The van der Waals surface area contributed by atoms with Crippen LogP contribution >= 0.6 is 39.1 Å². The third kappa shape index (κ3) is 2.62. The van der Waals surface area contributed by atoms with Crippen LogP contribution in [0.1, 0.15) is 0 Å². The van der Waals surface area contributed by atoms with Crippen LogP contribution in [-0.2, 0) is 0 Å². The number of hydrogen-bond donors (Lipinski definition) is 0. The van der Waals surface area contributed by atoms with Gasteiger partial charge in [-0.2, -0.15) is 0 Å². The highest BCUT2D eigenvalue weighted by atomic mass is 79.9. The molecule has 0 saturated carbocycles. The van der Waals surface area contributed by atoms with Crippen molar-refractivity contribution in [1.82, 2.24) is 4.98 Å². The smallest absolute Gasteiger partial charge is 0.146 e. The third-order valence-electron chi connectivity index (χ3n) is 2.80. The molecule has 0 unspecified atom stereocenters. The monoisotopic (exact) mass is 367 g/mol. The minimum absolute atomic E-state index is 0.561. The number of benzene rings is 2. The number of hydrogen-bond acceptors (Lipinski definition) is 2. The number of pyridine rings is 1. The van der Waals surface area contributed by atoms with Gasteiger partial charge in [0.05, 0.1) is 20.0 Å². The van der Waals surface area contributed by atoms with Gasteiger partial charge in [0.2, 0.25) is 0 Å². The average molecular weight is 369 g/mol. The predicted molar refractivity (Wildman–Crippen MR) is 86.0 cm³/mol. The topological polar surface area (TPSA) is 22.1 Å². The van der Waals surface area contributed by atoms with Crippen LogP contribution in [0.4, 0.5) is 0 Å². The van der Waals surface area contributed by atoms with Gasteiger partial charge in [-0.25, -0.2) is 0 Å². The molecule has 100 valence electrons. The van der Waals surface area contributed by atoms with Crippen LogP contribution in [0.5, 0.6) is 11.5 Å². The molecule has 0 N–H and O–H groups in total. The first kappa shape index (κ1) is 13.7. The Morgan fingerprint density at radius 2 is 1.85 bits per heavy atom. The molecule has 2 nitrogen and oxygen atoms in total. The first-order valence-electron chi connectivity index (χ1n) is 5.81. The van der Waals surface area contributed by atoms with Crippen molar-refractivity contribution >= 4 is 50.0 Å². The molecule has 0 saturated heterocycles. The molecular formula is C15H8BrCl2NO. The quantitative estimate of drug-likeness (QED) is 0.545. The zero-order chi connectivity index (χ0) is 14.1. The lowest BCUT2D eigenvalue weighted by molar-refractivity contribution is 0.483. The number of para-hydroxylation sites is 1. The first-order chi connectivity index (χ1) is 9.65. The van der Waals surface area contributed by atoms with E-state index in [0.29, 0.717) is 21.5 Å². The average Bonchev–Trinajstić information content (AvgIpc) is 2.46. The van der Waals surface area contributed by atoms with Crippen LogP contribution in [0.3, 0.4) is 0 Å². The van der Waals surface area contributed by atoms with Crippen LogP contribution in [0.25, 0.3) is 10.9 Å². The molecule has 1 aromatic heterocycles. The maximum absolute atomic E-state index is 6.26. The Balaban J connectivity index is 2.05. The van der Waals surface area contributed by atoms with E-state index in [2.05, 4.69) is 20.9 Å². The second-order valence-electron chi connectivity index (χ2n) is 4.13. The summed E-state index contributed by atoms with van der Waals surface area (Å²) in [7, 11) is 0. The van der Waals surface area contributed by atoms with E-state index in [-0.39, 0.29) is 0 Å². The van der Waals surface area contributed by atoms with Crippen LogP contribution in [-0.4, -0.2) is 4.98 Å². The molecule has 0 radical (unpaired) electrons. The van der Waals surface area contributed by atoms with Gasteiger partial charge in [-0.15, -0.1) is 0 Å². The number of ether oxygens (including phenoxy) is 1. The van der Waals surface area contributed by atoms with Crippen molar-refractivity contribution in [3.8, 4) is 11.5 Å². The third-order valence-corrected chi connectivity index (χ3v) is 4.34. The molecule has 3 rings (SSSR count). The predicted octanol–water partition coefficient (Wildman–Crippen LogP) is 6.10. The molecular weight excluding hydrogens is 361 g/mol. The summed E-state index contributed by atoms with van der Waals surface area (Å²) in [4.78, 5) is 4.29. The summed E-state index contributed by atoms with van der Waals surface area (Å²) >= 11 is 15.7. The van der Waals surface area contributed by atoms with Crippen LogP contribution in [0, 0.1) is 0 Å². The second kappa shape index (κ2) is 5.60. The largest absolute Gasteiger partial charge is 0.456 e. The molecule has 0 bridgehead atoms. The molecule has 20 heavy (non-hydrogen) atoms. The van der Waals surface area contributed by atoms with E-state index in [0.717, 1.165) is 15.4 Å². The zero-order valence-electron chi connectivity index (χ0n) is 10.1. The summed E-state index contributed by atoms with van der Waals surface area (Å²) in [5.74, 6) is 1.26. The standard InChI is InChI=1S/C15H8BrCl2NO/c16-11-8-19-13-6-5-9(7-10(13)15(11)18)20-14-4-2-1-3-12(14)17/h1-8H. The molecule has 0 aliphatic carbocycles. The molecule has 3 aromatic rings. The lowest BCUT2D eigenvalue weighted by Gasteiger charge is -2.09. The Morgan fingerprint density at radius 1 is 1.05 bits per heavy atom. The fraction of sp³-hybridized carbons (Fsp3) is 0. The summed E-state index contributed by atoms with van der Waals surface area (Å²) in [5, 5.41) is 2.00. The van der Waals surface area contributed by atoms with Gasteiger partial charge < -0.3 is 4.74 Å². The van der Waals surface area contributed by atoms with Crippen LogP contribution in [0.15, 0.2) is 53.1 Å². The summed E-state index contributed by atoms with van der Waals surface area (Å²) < 4.78 is 6.53. The van der Waals surface area contributed by atoms with Gasteiger partial charge in [0.15, 0.2) is 0 Å². The van der Waals surface area contributed by atoms with Gasteiger partial charge in [-0.3, -0.25) is 4.98 Å². The minimum atomic E-state index is 0.561. The minimum Gasteiger partial charge on any atom is -0.456 e. The van der Waals surface area contributed by atoms with Crippen molar-refractivity contribution in [2.45, 2.75) is 0 Å². The number of nitrogens with zero attached hydrogens (tertiary/aromatic N) is 1. The van der Waals surface area contributed by atoms with Crippen molar-refractivity contribution < 1.29 is 4.74 Å². The van der Waals surface area contributed by atoms with Crippen molar-refractivity contribution in [2.75, 3.05) is 0 Å². The highest BCUT2D eigenvalue weighted by Gasteiger charge is 2.08. The van der Waals surface area contributed by atoms with E-state index in [1.807, 2.05) is 36.4 Å². The Hall–Kier alpha value is -1.29. The van der Waals surface area contributed by atoms with Crippen molar-refractivity contribution in [3.63, 3.8) is 0 Å². The highest BCUT2D eigenvalue weighted by Crippen LogP contribution is 2.34. The van der Waals surface area contributed by atoms with Gasteiger partial charge >= 0.3 is 0 Å². The normalized spacial score (nSPS) is 10.8. The van der Waals surface area contributed by atoms with E-state index in [1.54, 1.807) is 12.3 Å². The first-order valence-corrected chi connectivity index (χ1v) is 7.36. The molecule has 0 spiro atoms. The lowest BCUT2D eigenvalue weighted by atomic mass is 10.2. The molecule has 0 aliphatic rings. The maximum atomic E-state index is 6.26. The summed E-state index contributed by atoms with van der Waals surface area (Å²) in [6.07, 6.45) is 1.68. The SMILES string of the molecule is Clc1ccccc1Oc1ccc2ncc(Br)c(Cl)c2c1. The fourth-order valence-electron chi connectivity index (χ4n) is 1.83. The lowest BCUT2D eigenvalue weighted by Crippen LogP contribution is -1.87. The molecule has 5 heteroatoms. The Morgan fingerprint density at radius 3 is 2.65 bits per heavy atom. The molecule has 1 heterocycles. The molecule has 0 aliphatic heterocycles. The number of rotatable bonds is 2. The van der Waals surface area contributed by atoms with Crippen LogP contribution in [0.2, 0.25) is 10.0 Å². The van der Waals surface area contributed by atoms with E-state index in [4.69, 9.17) is 27.9 Å². The van der Waals surface area contributed by atoms with Gasteiger partial charge in [-0.05, 0) is 46.3 Å². The molecule has 0 fully saturated rings. The number of halogens is 3. The fourth-order valence-corrected chi connectivity index (χ4v) is 2.52. The zero-order valence-corrected chi connectivity index (χ0v) is 13.2. The highest BCUT2D eigenvalue weighted by molar-refractivity contribution is 9.10. The van der Waals surface area contributed by atoms with E-state index in [9.17, 15) is 0 Å². The molecule has 2 aromatic carbocycles. The van der Waals surface area contributed by atoms with E-state index in [1.165, 1.54) is 0 Å². The Kier molecular flexibility index (Phi) is 3.83. The van der Waals surface area contributed by atoms with Crippen molar-refractivity contribution in [2.24, 2.45) is 0 Å². The van der Waals surface area contributed by atoms with Crippen LogP contribution < -0.4 is 4.74 Å². The van der Waals surface area contributed by atoms with Gasteiger partial charge in [-0.1, -0.05) is 35.3 Å². The number of fused-ring (bicyclic) bond motifs is 1. The summed E-state index contributed by atoms with van der Waals surface area (Å²) in [6.45, 7) is 0. The molecule has 0 atom stereocenters. The van der Waals surface area contributed by atoms with E-state index < -0.39 is 0 Å². The van der Waals surface area contributed by atoms with Gasteiger partial charge in [0.25, 0.3) is 0 Å². The second-order valence-corrected chi connectivity index (χ2v) is 5.77. The number of aromatic nitrogens is 1. The van der Waals surface area contributed by atoms with E-state index >= 15 is 0 Å². The van der Waals surface area contributed by atoms with Crippen molar-refractivity contribution in [3.05, 3.63) is 63.2 Å². The Bertz CT molecular complexity index is 792. The van der Waals surface area contributed by atoms with Gasteiger partial charge in [0, 0.05) is 11.6 Å². The van der Waals surface area contributed by atoms with Gasteiger partial charge in [0.1, 0.15) is 11.5 Å². The Labute approximate surface area is 134 Å². The van der Waals surface area contributed by atoms with Crippen molar-refractivity contribution in [1.29, 1.82) is 0 Å². The summed E-state index contributed by atoms with van der Waals surface area (Å²) in [6, 6.07) is 12.9. The maximum Gasteiger partial charge on any atom is 0.146 e. The molecule has 0 amide bonds.